The second-order valence-corrected chi connectivity index (χ2v) is 8.92. The van der Waals surface area contributed by atoms with Gasteiger partial charge in [0.15, 0.2) is 5.75 Å². The predicted molar refractivity (Wildman–Crippen MR) is 132 cm³/mol. The van der Waals surface area contributed by atoms with E-state index < -0.39 is 46.6 Å². The zero-order chi connectivity index (χ0) is 26.0. The number of ether oxygens (including phenoxy) is 1. The van der Waals surface area contributed by atoms with Gasteiger partial charge >= 0.3 is 5.97 Å². The molecule has 0 radical (unpaired) electrons. The van der Waals surface area contributed by atoms with Crippen LogP contribution in [0.3, 0.4) is 0 Å². The molecule has 0 spiro atoms. The Kier molecular flexibility index (Phi) is 7.53. The van der Waals surface area contributed by atoms with Crippen LogP contribution in [0.5, 0.6) is 5.75 Å². The lowest BCUT2D eigenvalue weighted by molar-refractivity contribution is -0.137. The van der Waals surface area contributed by atoms with E-state index in [-0.39, 0.29) is 11.4 Å². The summed E-state index contributed by atoms with van der Waals surface area (Å²) in [5.74, 6) is -4.02. The van der Waals surface area contributed by atoms with Crippen molar-refractivity contribution in [3.05, 3.63) is 69.8 Å². The number of imide groups is 1. The molecule has 0 aliphatic heterocycles. The molecular weight excluding hydrogens is 451 g/mol. The summed E-state index contributed by atoms with van der Waals surface area (Å²) in [4.78, 5) is 54.2. The molecule has 3 rings (SSSR count). The average molecular weight is 481 g/mol. The molecule has 35 heavy (non-hydrogen) atoms. The van der Waals surface area contributed by atoms with E-state index in [0.717, 1.165) is 22.6 Å². The summed E-state index contributed by atoms with van der Waals surface area (Å²) in [5.41, 5.74) is 0.199. The molecule has 0 aliphatic rings. The van der Waals surface area contributed by atoms with Gasteiger partial charge < -0.3 is 9.30 Å². The van der Waals surface area contributed by atoms with E-state index in [9.17, 15) is 23.6 Å². The third-order valence-corrected chi connectivity index (χ3v) is 5.73. The molecule has 0 atom stereocenters. The number of halogens is 1. The molecule has 2 amide bonds. The molecule has 8 heteroatoms. The SMILES string of the molecule is CCc1cccc2c1c(OC(=O)C(C)C)c(C(=O)N(C(=O)C(C)C)c1ccc(F)cc1)c(=O)n2C. The minimum absolute atomic E-state index is 0.0992. The van der Waals surface area contributed by atoms with E-state index in [2.05, 4.69) is 0 Å². The number of aryl methyl sites for hydroxylation is 2. The third-order valence-electron chi connectivity index (χ3n) is 5.73. The number of aromatic nitrogens is 1. The Hall–Kier alpha value is -3.81. The van der Waals surface area contributed by atoms with E-state index in [1.54, 1.807) is 39.8 Å². The Bertz CT molecular complexity index is 1360. The zero-order valence-corrected chi connectivity index (χ0v) is 20.7. The van der Waals surface area contributed by atoms with Crippen LogP contribution in [0.4, 0.5) is 10.1 Å². The molecule has 7 nitrogen and oxygen atoms in total. The fourth-order valence-corrected chi connectivity index (χ4v) is 3.74. The van der Waals surface area contributed by atoms with Crippen molar-refractivity contribution in [2.75, 3.05) is 4.90 Å². The maximum atomic E-state index is 14.0. The highest BCUT2D eigenvalue weighted by Gasteiger charge is 2.34. The van der Waals surface area contributed by atoms with Crippen molar-refractivity contribution >= 4 is 34.4 Å². The van der Waals surface area contributed by atoms with E-state index in [1.807, 2.05) is 13.0 Å². The molecule has 0 bridgehead atoms. The fourth-order valence-electron chi connectivity index (χ4n) is 3.74. The van der Waals surface area contributed by atoms with E-state index >= 15 is 0 Å². The molecule has 0 unspecified atom stereocenters. The van der Waals surface area contributed by atoms with Gasteiger partial charge in [0.05, 0.1) is 17.1 Å². The van der Waals surface area contributed by atoms with Gasteiger partial charge in [0.2, 0.25) is 5.91 Å². The predicted octanol–water partition coefficient (Wildman–Crippen LogP) is 4.63. The van der Waals surface area contributed by atoms with Crippen molar-refractivity contribution < 1.29 is 23.5 Å². The number of nitrogens with zero attached hydrogens (tertiary/aromatic N) is 2. The molecular formula is C27H29FN2O5. The summed E-state index contributed by atoms with van der Waals surface area (Å²) in [6, 6.07) is 10.1. The molecule has 2 aromatic carbocycles. The summed E-state index contributed by atoms with van der Waals surface area (Å²) >= 11 is 0. The largest absolute Gasteiger partial charge is 0.425 e. The van der Waals surface area contributed by atoms with Crippen LogP contribution in [0, 0.1) is 17.7 Å². The standard InChI is InChI=1S/C27H29FN2O5/c1-7-17-9-8-10-20-21(17)23(35-27(34)16(4)5)22(25(32)29(20)6)26(33)30(24(31)15(2)3)19-13-11-18(28)12-14-19/h8-16H,7H2,1-6H3. The van der Waals surface area contributed by atoms with Crippen molar-refractivity contribution in [3.8, 4) is 5.75 Å². The number of carbonyl (C=O) groups is 3. The lowest BCUT2D eigenvalue weighted by Gasteiger charge is -2.25. The second kappa shape index (κ2) is 10.2. The molecule has 1 aromatic heterocycles. The molecule has 184 valence electrons. The highest BCUT2D eigenvalue weighted by atomic mass is 19.1. The molecule has 3 aromatic rings. The summed E-state index contributed by atoms with van der Waals surface area (Å²) < 4.78 is 20.6. The van der Waals surface area contributed by atoms with Crippen LogP contribution in [0.15, 0.2) is 47.3 Å². The molecule has 0 saturated carbocycles. The lowest BCUT2D eigenvalue weighted by atomic mass is 10.0. The number of hydrogen-bond acceptors (Lipinski definition) is 5. The number of pyridine rings is 1. The van der Waals surface area contributed by atoms with E-state index in [0.29, 0.717) is 17.3 Å². The minimum atomic E-state index is -0.949. The maximum absolute atomic E-state index is 14.0. The van der Waals surface area contributed by atoms with Crippen molar-refractivity contribution in [2.24, 2.45) is 18.9 Å². The van der Waals surface area contributed by atoms with Gasteiger partial charge in [0.25, 0.3) is 11.5 Å². The molecule has 1 heterocycles. The first-order chi connectivity index (χ1) is 16.5. The third kappa shape index (κ3) is 4.87. The number of amides is 2. The van der Waals surface area contributed by atoms with E-state index in [4.69, 9.17) is 4.74 Å². The smallest absolute Gasteiger partial charge is 0.313 e. The Morgan fingerprint density at radius 3 is 2.17 bits per heavy atom. The topological polar surface area (TPSA) is 85.7 Å². The number of anilines is 1. The van der Waals surface area contributed by atoms with Gasteiger partial charge in [-0.1, -0.05) is 46.8 Å². The number of hydrogen-bond donors (Lipinski definition) is 0. The first-order valence-corrected chi connectivity index (χ1v) is 11.5. The molecule has 0 N–H and O–H groups in total. The van der Waals surface area contributed by atoms with Crippen molar-refractivity contribution in [3.63, 3.8) is 0 Å². The summed E-state index contributed by atoms with van der Waals surface area (Å²) in [6.07, 6.45) is 0.544. The first kappa shape index (κ1) is 25.8. The van der Waals surface area contributed by atoms with Gasteiger partial charge in [0, 0.05) is 18.4 Å². The van der Waals surface area contributed by atoms with Crippen LogP contribution in [0.1, 0.15) is 50.5 Å². The van der Waals surface area contributed by atoms with Crippen molar-refractivity contribution in [1.82, 2.24) is 4.57 Å². The summed E-state index contributed by atoms with van der Waals surface area (Å²) in [6.45, 7) is 8.41. The quantitative estimate of drug-likeness (QED) is 0.480. The normalized spacial score (nSPS) is 11.2. The number of carbonyl (C=O) groups excluding carboxylic acids is 3. The first-order valence-electron chi connectivity index (χ1n) is 11.5. The Balaban J connectivity index is 2.41. The summed E-state index contributed by atoms with van der Waals surface area (Å²) in [7, 11) is 1.52. The van der Waals surface area contributed by atoms with Crippen LogP contribution < -0.4 is 15.2 Å². The number of esters is 1. The molecule has 0 fully saturated rings. The van der Waals surface area contributed by atoms with E-state index in [1.165, 1.54) is 23.7 Å². The van der Waals surface area contributed by atoms with Crippen LogP contribution in [0.2, 0.25) is 0 Å². The van der Waals surface area contributed by atoms with Crippen LogP contribution in [-0.2, 0) is 23.1 Å². The lowest BCUT2D eigenvalue weighted by Crippen LogP contribution is -2.43. The second-order valence-electron chi connectivity index (χ2n) is 8.92. The molecule has 0 aliphatic carbocycles. The minimum Gasteiger partial charge on any atom is -0.425 e. The zero-order valence-electron chi connectivity index (χ0n) is 20.7. The van der Waals surface area contributed by atoms with Gasteiger partial charge in [-0.05, 0) is 42.3 Å². The number of fused-ring (bicyclic) bond motifs is 1. The number of rotatable bonds is 6. The average Bonchev–Trinajstić information content (AvgIpc) is 2.82. The maximum Gasteiger partial charge on any atom is 0.313 e. The monoisotopic (exact) mass is 480 g/mol. The Morgan fingerprint density at radius 1 is 1.00 bits per heavy atom. The van der Waals surface area contributed by atoms with Gasteiger partial charge in [-0.2, -0.15) is 0 Å². The summed E-state index contributed by atoms with van der Waals surface area (Å²) in [5, 5.41) is 0.450. The van der Waals surface area contributed by atoms with Crippen LogP contribution >= 0.6 is 0 Å². The van der Waals surface area contributed by atoms with Gasteiger partial charge in [-0.25, -0.2) is 9.29 Å². The Labute approximate surface area is 203 Å². The van der Waals surface area contributed by atoms with Gasteiger partial charge in [-0.15, -0.1) is 0 Å². The molecule has 0 saturated heterocycles. The van der Waals surface area contributed by atoms with Crippen LogP contribution in [-0.4, -0.2) is 22.4 Å². The fraction of sp³-hybridized carbons (Fsp3) is 0.333. The Morgan fingerprint density at radius 2 is 1.63 bits per heavy atom. The van der Waals surface area contributed by atoms with Gasteiger partial charge in [0.1, 0.15) is 11.4 Å². The van der Waals surface area contributed by atoms with Crippen molar-refractivity contribution in [1.29, 1.82) is 0 Å². The van der Waals surface area contributed by atoms with Crippen molar-refractivity contribution in [2.45, 2.75) is 41.0 Å². The highest BCUT2D eigenvalue weighted by Crippen LogP contribution is 2.33. The van der Waals surface area contributed by atoms with Crippen LogP contribution in [0.25, 0.3) is 10.9 Å². The highest BCUT2D eigenvalue weighted by molar-refractivity contribution is 6.23. The number of benzene rings is 2. The van der Waals surface area contributed by atoms with Gasteiger partial charge in [-0.3, -0.25) is 19.2 Å².